The molecule has 15 heavy (non-hydrogen) atoms. The number of aliphatic hydroxyl groups is 1. The zero-order valence-electron chi connectivity index (χ0n) is 9.79. The third kappa shape index (κ3) is 3.68. The Labute approximate surface area is 91.5 Å². The molecule has 0 aromatic carbocycles. The highest BCUT2D eigenvalue weighted by Gasteiger charge is 2.10. The lowest BCUT2D eigenvalue weighted by Gasteiger charge is -2.19. The van der Waals surface area contributed by atoms with Crippen LogP contribution in [0.2, 0.25) is 0 Å². The fourth-order valence-corrected chi connectivity index (χ4v) is 1.69. The molecule has 1 rings (SSSR count). The largest absolute Gasteiger partial charge is 0.462 e. The first-order chi connectivity index (χ1) is 7.17. The van der Waals surface area contributed by atoms with Crippen molar-refractivity contribution in [3.8, 4) is 0 Å². The number of hydrogen-bond acceptors (Lipinski definition) is 3. The highest BCUT2D eigenvalue weighted by molar-refractivity contribution is 5.06. The van der Waals surface area contributed by atoms with Gasteiger partial charge in [-0.15, -0.1) is 0 Å². The molecule has 86 valence electrons. The van der Waals surface area contributed by atoms with Crippen LogP contribution in [0.4, 0.5) is 0 Å². The summed E-state index contributed by atoms with van der Waals surface area (Å²) in [6.45, 7) is 7.31. The predicted octanol–water partition coefficient (Wildman–Crippen LogP) is 2.30. The van der Waals surface area contributed by atoms with Crippen LogP contribution in [0.1, 0.15) is 38.7 Å². The van der Waals surface area contributed by atoms with Gasteiger partial charge in [-0.25, -0.2) is 0 Å². The minimum atomic E-state index is -0.0264. The topological polar surface area (TPSA) is 45.4 Å². The van der Waals surface area contributed by atoms with E-state index < -0.39 is 0 Å². The Bertz CT molecular complexity index is 281. The molecule has 0 aliphatic rings. The van der Waals surface area contributed by atoms with E-state index in [1.54, 1.807) is 0 Å². The van der Waals surface area contributed by atoms with Crippen LogP contribution in [0.5, 0.6) is 0 Å². The normalized spacial score (nSPS) is 13.4. The average molecular weight is 211 g/mol. The van der Waals surface area contributed by atoms with Gasteiger partial charge in [-0.1, -0.05) is 20.8 Å². The van der Waals surface area contributed by atoms with E-state index in [2.05, 4.69) is 26.1 Å². The van der Waals surface area contributed by atoms with Gasteiger partial charge in [-0.3, -0.25) is 0 Å². The van der Waals surface area contributed by atoms with Gasteiger partial charge in [0.1, 0.15) is 18.1 Å². The van der Waals surface area contributed by atoms with Crippen LogP contribution >= 0.6 is 0 Å². The van der Waals surface area contributed by atoms with Crippen molar-refractivity contribution in [3.63, 3.8) is 0 Å². The molecule has 0 saturated carbocycles. The van der Waals surface area contributed by atoms with Crippen molar-refractivity contribution in [1.29, 1.82) is 0 Å². The summed E-state index contributed by atoms with van der Waals surface area (Å²) in [5.41, 5.74) is 0. The van der Waals surface area contributed by atoms with Gasteiger partial charge in [0, 0.05) is 6.04 Å². The molecule has 2 N–H and O–H groups in total. The van der Waals surface area contributed by atoms with Crippen molar-refractivity contribution in [3.05, 3.63) is 23.7 Å². The maximum absolute atomic E-state index is 8.85. The van der Waals surface area contributed by atoms with Gasteiger partial charge in [-0.2, -0.15) is 0 Å². The Hall–Kier alpha value is -0.800. The van der Waals surface area contributed by atoms with Crippen LogP contribution < -0.4 is 5.32 Å². The van der Waals surface area contributed by atoms with Crippen molar-refractivity contribution < 1.29 is 9.52 Å². The molecule has 3 nitrogen and oxygen atoms in total. The van der Waals surface area contributed by atoms with Crippen molar-refractivity contribution >= 4 is 0 Å². The Kier molecular flexibility index (Phi) is 4.85. The quantitative estimate of drug-likeness (QED) is 0.759. The summed E-state index contributed by atoms with van der Waals surface area (Å²) < 4.78 is 5.39. The van der Waals surface area contributed by atoms with Gasteiger partial charge >= 0.3 is 0 Å². The lowest BCUT2D eigenvalue weighted by molar-refractivity contribution is 0.241. The molecular formula is C12H21NO2. The maximum Gasteiger partial charge on any atom is 0.129 e. The number of rotatable bonds is 6. The van der Waals surface area contributed by atoms with Gasteiger partial charge in [0.25, 0.3) is 0 Å². The fourth-order valence-electron chi connectivity index (χ4n) is 1.69. The molecule has 1 heterocycles. The van der Waals surface area contributed by atoms with Crippen molar-refractivity contribution in [2.45, 2.75) is 46.4 Å². The molecule has 0 bridgehead atoms. The van der Waals surface area contributed by atoms with Crippen LogP contribution in [0.15, 0.2) is 16.5 Å². The minimum Gasteiger partial charge on any atom is -0.462 e. The smallest absolute Gasteiger partial charge is 0.129 e. The molecule has 1 aromatic heterocycles. The van der Waals surface area contributed by atoms with E-state index >= 15 is 0 Å². The highest BCUT2D eigenvalue weighted by Crippen LogP contribution is 2.10. The van der Waals surface area contributed by atoms with Crippen molar-refractivity contribution in [1.82, 2.24) is 5.32 Å². The van der Waals surface area contributed by atoms with E-state index in [4.69, 9.17) is 9.52 Å². The summed E-state index contributed by atoms with van der Waals surface area (Å²) in [5, 5.41) is 12.3. The lowest BCUT2D eigenvalue weighted by Crippen LogP contribution is -2.32. The van der Waals surface area contributed by atoms with E-state index in [1.807, 2.05) is 12.1 Å². The minimum absolute atomic E-state index is 0.0264. The molecular weight excluding hydrogens is 190 g/mol. The second-order valence-electron chi connectivity index (χ2n) is 4.17. The third-order valence-electron chi connectivity index (χ3n) is 2.66. The predicted molar refractivity (Wildman–Crippen MR) is 60.4 cm³/mol. The van der Waals surface area contributed by atoms with E-state index in [1.165, 1.54) is 0 Å². The Morgan fingerprint density at radius 2 is 2.00 bits per heavy atom. The standard InChI is InChI=1S/C12H21NO2/c1-4-12(9(2)3)13-7-10-5-6-11(8-14)15-10/h5-6,9,12-14H,4,7-8H2,1-3H3. The second-order valence-corrected chi connectivity index (χ2v) is 4.17. The van der Waals surface area contributed by atoms with Crippen molar-refractivity contribution in [2.24, 2.45) is 5.92 Å². The molecule has 0 fully saturated rings. The van der Waals surface area contributed by atoms with E-state index in [0.717, 1.165) is 18.7 Å². The molecule has 1 aromatic rings. The molecule has 0 spiro atoms. The molecule has 0 saturated heterocycles. The molecule has 3 heteroatoms. The van der Waals surface area contributed by atoms with Gasteiger partial charge in [-0.05, 0) is 24.5 Å². The molecule has 1 atom stereocenters. The number of aliphatic hydroxyl groups excluding tert-OH is 1. The Balaban J connectivity index is 2.41. The first-order valence-corrected chi connectivity index (χ1v) is 5.59. The van der Waals surface area contributed by atoms with Crippen LogP contribution in [-0.2, 0) is 13.2 Å². The third-order valence-corrected chi connectivity index (χ3v) is 2.66. The molecule has 0 aliphatic carbocycles. The molecule has 0 radical (unpaired) electrons. The molecule has 1 unspecified atom stereocenters. The van der Waals surface area contributed by atoms with E-state index in [9.17, 15) is 0 Å². The zero-order chi connectivity index (χ0) is 11.3. The molecule has 0 amide bonds. The van der Waals surface area contributed by atoms with Gasteiger partial charge < -0.3 is 14.8 Å². The van der Waals surface area contributed by atoms with Crippen molar-refractivity contribution in [2.75, 3.05) is 0 Å². The monoisotopic (exact) mass is 211 g/mol. The number of furan rings is 1. The van der Waals surface area contributed by atoms with Crippen LogP contribution in [0, 0.1) is 5.92 Å². The summed E-state index contributed by atoms with van der Waals surface area (Å²) >= 11 is 0. The summed E-state index contributed by atoms with van der Waals surface area (Å²) in [6, 6.07) is 4.24. The summed E-state index contributed by atoms with van der Waals surface area (Å²) in [4.78, 5) is 0. The van der Waals surface area contributed by atoms with E-state index in [-0.39, 0.29) is 6.61 Å². The fraction of sp³-hybridized carbons (Fsp3) is 0.667. The van der Waals surface area contributed by atoms with Gasteiger partial charge in [0.2, 0.25) is 0 Å². The number of hydrogen-bond donors (Lipinski definition) is 2. The van der Waals surface area contributed by atoms with Crippen LogP contribution in [0.3, 0.4) is 0 Å². The number of nitrogens with one attached hydrogen (secondary N) is 1. The summed E-state index contributed by atoms with van der Waals surface area (Å²) in [6.07, 6.45) is 1.12. The zero-order valence-corrected chi connectivity index (χ0v) is 9.79. The summed E-state index contributed by atoms with van der Waals surface area (Å²) in [5.74, 6) is 2.14. The van der Waals surface area contributed by atoms with E-state index in [0.29, 0.717) is 17.7 Å². The Morgan fingerprint density at radius 1 is 1.33 bits per heavy atom. The maximum atomic E-state index is 8.85. The second kappa shape index (κ2) is 5.93. The van der Waals surface area contributed by atoms with Crippen LogP contribution in [-0.4, -0.2) is 11.1 Å². The van der Waals surface area contributed by atoms with Gasteiger partial charge in [0.05, 0.1) is 6.54 Å². The average Bonchev–Trinajstić information content (AvgIpc) is 2.66. The van der Waals surface area contributed by atoms with Gasteiger partial charge in [0.15, 0.2) is 0 Å². The Morgan fingerprint density at radius 3 is 2.47 bits per heavy atom. The first kappa shape index (κ1) is 12.3. The first-order valence-electron chi connectivity index (χ1n) is 5.59. The summed E-state index contributed by atoms with van der Waals surface area (Å²) in [7, 11) is 0. The SMILES string of the molecule is CCC(NCc1ccc(CO)o1)C(C)C. The highest BCUT2D eigenvalue weighted by atomic mass is 16.4. The lowest BCUT2D eigenvalue weighted by atomic mass is 10.0. The van der Waals surface area contributed by atoms with Crippen LogP contribution in [0.25, 0.3) is 0 Å². The molecule has 0 aliphatic heterocycles.